The van der Waals surface area contributed by atoms with Crippen molar-refractivity contribution in [2.24, 2.45) is 0 Å². The lowest BCUT2D eigenvalue weighted by Crippen LogP contribution is -2.42. The van der Waals surface area contributed by atoms with Gasteiger partial charge in [-0.05, 0) is 12.0 Å². The van der Waals surface area contributed by atoms with Crippen LogP contribution in [0.1, 0.15) is 63.4 Å². The van der Waals surface area contributed by atoms with E-state index in [1.165, 1.54) is 37.7 Å². The Hall–Kier alpha value is -0.900. The Morgan fingerprint density at radius 2 is 1.36 bits per heavy atom. The maximum Gasteiger partial charge on any atom is 0.289 e. The zero-order valence-electron chi connectivity index (χ0n) is 14.6. The van der Waals surface area contributed by atoms with Crippen molar-refractivity contribution in [1.29, 1.82) is 0 Å². The molecule has 0 N–H and O–H groups in total. The lowest BCUT2D eigenvalue weighted by molar-refractivity contribution is -0.365. The van der Waals surface area contributed by atoms with Gasteiger partial charge in [0, 0.05) is 21.3 Å². The van der Waals surface area contributed by atoms with Gasteiger partial charge in [-0.2, -0.15) is 0 Å². The van der Waals surface area contributed by atoms with Crippen LogP contribution in [0.25, 0.3) is 0 Å². The largest absolute Gasteiger partial charge is 0.330 e. The molecule has 0 radical (unpaired) electrons. The SMILES string of the molecule is CCCCCCCCC(c1ccccc1)C(OC)(OC)OC. The Labute approximate surface area is 136 Å². The Morgan fingerprint density at radius 3 is 1.91 bits per heavy atom. The summed E-state index contributed by atoms with van der Waals surface area (Å²) in [6.45, 7) is 2.25. The molecule has 3 nitrogen and oxygen atoms in total. The lowest BCUT2D eigenvalue weighted by atomic mass is 9.90. The van der Waals surface area contributed by atoms with Gasteiger partial charge in [-0.15, -0.1) is 0 Å². The molecule has 22 heavy (non-hydrogen) atoms. The van der Waals surface area contributed by atoms with E-state index in [1.807, 2.05) is 6.07 Å². The first-order valence-electron chi connectivity index (χ1n) is 8.44. The standard InChI is InChI=1S/C19H32O3/c1-5-6-7-8-9-13-16-18(17-14-11-10-12-15-17)19(20-2,21-3)22-4/h10-12,14-15,18H,5-9,13,16H2,1-4H3. The van der Waals surface area contributed by atoms with Crippen LogP contribution in [0, 0.1) is 0 Å². The second kappa shape index (κ2) is 10.8. The zero-order chi connectivity index (χ0) is 16.3. The molecular weight excluding hydrogens is 276 g/mol. The van der Waals surface area contributed by atoms with Crippen molar-refractivity contribution in [2.75, 3.05) is 21.3 Å². The number of hydrogen-bond acceptors (Lipinski definition) is 3. The summed E-state index contributed by atoms with van der Waals surface area (Å²) in [7, 11) is 4.93. The van der Waals surface area contributed by atoms with E-state index in [4.69, 9.17) is 14.2 Å². The van der Waals surface area contributed by atoms with Gasteiger partial charge in [0.05, 0.1) is 5.92 Å². The number of rotatable bonds is 12. The summed E-state index contributed by atoms with van der Waals surface area (Å²) in [6, 6.07) is 10.4. The van der Waals surface area contributed by atoms with Crippen LogP contribution in [-0.4, -0.2) is 27.3 Å². The molecule has 0 aliphatic rings. The van der Waals surface area contributed by atoms with Gasteiger partial charge in [-0.25, -0.2) is 0 Å². The Kier molecular flexibility index (Phi) is 9.37. The summed E-state index contributed by atoms with van der Waals surface area (Å²) in [5.41, 5.74) is 1.20. The van der Waals surface area contributed by atoms with E-state index < -0.39 is 5.97 Å². The minimum absolute atomic E-state index is 0.0693. The molecule has 0 saturated carbocycles. The van der Waals surface area contributed by atoms with Gasteiger partial charge in [0.15, 0.2) is 0 Å². The molecule has 1 unspecified atom stereocenters. The molecule has 0 aliphatic heterocycles. The third-order valence-corrected chi connectivity index (χ3v) is 4.33. The molecule has 3 heteroatoms. The number of unbranched alkanes of at least 4 members (excludes halogenated alkanes) is 5. The van der Waals surface area contributed by atoms with Crippen LogP contribution in [0.2, 0.25) is 0 Å². The second-order valence-electron chi connectivity index (χ2n) is 5.74. The van der Waals surface area contributed by atoms with Gasteiger partial charge < -0.3 is 14.2 Å². The smallest absolute Gasteiger partial charge is 0.289 e. The van der Waals surface area contributed by atoms with Gasteiger partial charge in [0.25, 0.3) is 5.97 Å². The first-order valence-corrected chi connectivity index (χ1v) is 8.44. The average Bonchev–Trinajstić information content (AvgIpc) is 2.58. The van der Waals surface area contributed by atoms with Crippen molar-refractivity contribution in [3.63, 3.8) is 0 Å². The van der Waals surface area contributed by atoms with Crippen LogP contribution in [0.5, 0.6) is 0 Å². The molecule has 0 amide bonds. The van der Waals surface area contributed by atoms with Crippen molar-refractivity contribution in [3.05, 3.63) is 35.9 Å². The molecule has 126 valence electrons. The van der Waals surface area contributed by atoms with E-state index in [0.717, 1.165) is 12.8 Å². The second-order valence-corrected chi connectivity index (χ2v) is 5.74. The molecule has 1 aromatic rings. The zero-order valence-corrected chi connectivity index (χ0v) is 14.6. The predicted octanol–water partition coefficient (Wildman–Crippen LogP) is 5.11. The summed E-state index contributed by atoms with van der Waals surface area (Å²) in [4.78, 5) is 0. The van der Waals surface area contributed by atoms with Gasteiger partial charge in [0.1, 0.15) is 0 Å². The molecule has 0 fully saturated rings. The predicted molar refractivity (Wildman–Crippen MR) is 90.9 cm³/mol. The van der Waals surface area contributed by atoms with Crippen LogP contribution in [0.4, 0.5) is 0 Å². The van der Waals surface area contributed by atoms with Gasteiger partial charge >= 0.3 is 0 Å². The molecule has 0 saturated heterocycles. The topological polar surface area (TPSA) is 27.7 Å². The number of benzene rings is 1. The fourth-order valence-electron chi connectivity index (χ4n) is 3.04. The molecule has 0 heterocycles. The molecule has 0 spiro atoms. The van der Waals surface area contributed by atoms with Crippen molar-refractivity contribution in [3.8, 4) is 0 Å². The van der Waals surface area contributed by atoms with Crippen LogP contribution >= 0.6 is 0 Å². The van der Waals surface area contributed by atoms with Gasteiger partial charge in [-0.1, -0.05) is 75.8 Å². The molecule has 1 rings (SSSR count). The van der Waals surface area contributed by atoms with Crippen molar-refractivity contribution < 1.29 is 14.2 Å². The highest BCUT2D eigenvalue weighted by Gasteiger charge is 2.40. The van der Waals surface area contributed by atoms with Crippen LogP contribution in [0.15, 0.2) is 30.3 Å². The van der Waals surface area contributed by atoms with Crippen LogP contribution in [0.3, 0.4) is 0 Å². The van der Waals surface area contributed by atoms with Gasteiger partial charge in [-0.3, -0.25) is 0 Å². The van der Waals surface area contributed by atoms with Crippen LogP contribution in [-0.2, 0) is 14.2 Å². The molecule has 0 aromatic heterocycles. The van der Waals surface area contributed by atoms with Crippen LogP contribution < -0.4 is 0 Å². The summed E-state index contributed by atoms with van der Waals surface area (Å²) in [5, 5.41) is 0. The van der Waals surface area contributed by atoms with E-state index >= 15 is 0 Å². The third kappa shape index (κ3) is 5.38. The first kappa shape index (κ1) is 19.1. The van der Waals surface area contributed by atoms with Crippen molar-refractivity contribution in [1.82, 2.24) is 0 Å². The van der Waals surface area contributed by atoms with E-state index in [0.29, 0.717) is 0 Å². The molecule has 1 atom stereocenters. The number of methoxy groups -OCH3 is 3. The lowest BCUT2D eigenvalue weighted by Gasteiger charge is -2.36. The third-order valence-electron chi connectivity index (χ3n) is 4.33. The number of hydrogen-bond donors (Lipinski definition) is 0. The number of ether oxygens (including phenoxy) is 3. The normalized spacial score (nSPS) is 13.3. The molecule has 1 aromatic carbocycles. The highest BCUT2D eigenvalue weighted by molar-refractivity contribution is 5.21. The maximum atomic E-state index is 5.60. The van der Waals surface area contributed by atoms with E-state index in [-0.39, 0.29) is 5.92 Å². The fourth-order valence-corrected chi connectivity index (χ4v) is 3.04. The van der Waals surface area contributed by atoms with Crippen molar-refractivity contribution >= 4 is 0 Å². The van der Waals surface area contributed by atoms with Gasteiger partial charge in [0.2, 0.25) is 0 Å². The summed E-state index contributed by atoms with van der Waals surface area (Å²) >= 11 is 0. The fraction of sp³-hybridized carbons (Fsp3) is 0.684. The highest BCUT2D eigenvalue weighted by atomic mass is 16.9. The van der Waals surface area contributed by atoms with E-state index in [9.17, 15) is 0 Å². The Morgan fingerprint density at radius 1 is 0.818 bits per heavy atom. The van der Waals surface area contributed by atoms with E-state index in [1.54, 1.807) is 21.3 Å². The quantitative estimate of drug-likeness (QED) is 0.396. The molecule has 0 bridgehead atoms. The monoisotopic (exact) mass is 308 g/mol. The molecule has 0 aliphatic carbocycles. The Balaban J connectivity index is 2.71. The summed E-state index contributed by atoms with van der Waals surface area (Å²) in [6.07, 6.45) is 8.64. The first-order chi connectivity index (χ1) is 10.7. The summed E-state index contributed by atoms with van der Waals surface area (Å²) < 4.78 is 16.8. The Bertz CT molecular complexity index is 365. The minimum Gasteiger partial charge on any atom is -0.330 e. The molecular formula is C19H32O3. The minimum atomic E-state index is -1.01. The highest BCUT2D eigenvalue weighted by Crippen LogP contribution is 2.37. The average molecular weight is 308 g/mol. The van der Waals surface area contributed by atoms with Crippen molar-refractivity contribution in [2.45, 2.75) is 63.8 Å². The maximum absolute atomic E-state index is 5.60. The van der Waals surface area contributed by atoms with E-state index in [2.05, 4.69) is 31.2 Å². The summed E-state index contributed by atoms with van der Waals surface area (Å²) in [5.74, 6) is -0.940.